The number of nitrogens with two attached hydrogens (primary N) is 1. The van der Waals surface area contributed by atoms with Gasteiger partial charge in [0.05, 0.1) is 0 Å². The molecule has 0 aliphatic heterocycles. The lowest BCUT2D eigenvalue weighted by Crippen LogP contribution is -2.20. The van der Waals surface area contributed by atoms with Gasteiger partial charge in [-0.1, -0.05) is 17.7 Å². The highest BCUT2D eigenvalue weighted by Crippen LogP contribution is 2.21. The van der Waals surface area contributed by atoms with E-state index in [1.807, 2.05) is 6.92 Å². The molecule has 20 heavy (non-hydrogen) atoms. The van der Waals surface area contributed by atoms with Gasteiger partial charge in [-0.05, 0) is 48.9 Å². The second-order valence-corrected chi connectivity index (χ2v) is 4.78. The number of carbonyl (C=O) groups excluding carboxylic acids is 1. The number of amides is 1. The maximum Gasteiger partial charge on any atom is 0.262 e. The molecule has 3 N–H and O–H groups in total. The summed E-state index contributed by atoms with van der Waals surface area (Å²) in [6.45, 7) is 1.80. The zero-order chi connectivity index (χ0) is 14.5. The highest BCUT2D eigenvalue weighted by Gasteiger charge is 2.05. The Kier molecular flexibility index (Phi) is 4.48. The van der Waals surface area contributed by atoms with E-state index in [1.54, 1.807) is 42.5 Å². The molecule has 0 aromatic heterocycles. The lowest BCUT2D eigenvalue weighted by Gasteiger charge is -2.09. The van der Waals surface area contributed by atoms with E-state index in [4.69, 9.17) is 22.1 Å². The summed E-state index contributed by atoms with van der Waals surface area (Å²) in [6, 6.07) is 12.2. The largest absolute Gasteiger partial charge is 0.484 e. The highest BCUT2D eigenvalue weighted by molar-refractivity contribution is 6.31. The first-order chi connectivity index (χ1) is 9.54. The Morgan fingerprint density at radius 2 is 2.10 bits per heavy atom. The first kappa shape index (κ1) is 14.2. The van der Waals surface area contributed by atoms with Crippen LogP contribution in [0.5, 0.6) is 5.75 Å². The van der Waals surface area contributed by atoms with Gasteiger partial charge < -0.3 is 15.8 Å². The van der Waals surface area contributed by atoms with Gasteiger partial charge in [-0.25, -0.2) is 0 Å². The van der Waals surface area contributed by atoms with Crippen molar-refractivity contribution in [1.29, 1.82) is 0 Å². The highest BCUT2D eigenvalue weighted by atomic mass is 35.5. The Morgan fingerprint density at radius 1 is 1.30 bits per heavy atom. The van der Waals surface area contributed by atoms with Crippen LogP contribution < -0.4 is 15.8 Å². The average Bonchev–Trinajstić information content (AvgIpc) is 2.40. The van der Waals surface area contributed by atoms with Gasteiger partial charge in [0.2, 0.25) is 0 Å². The Hall–Kier alpha value is -2.20. The monoisotopic (exact) mass is 290 g/mol. The molecule has 0 bridgehead atoms. The van der Waals surface area contributed by atoms with Crippen molar-refractivity contribution in [1.82, 2.24) is 0 Å². The Bertz CT molecular complexity index is 629. The van der Waals surface area contributed by atoms with Gasteiger partial charge in [-0.3, -0.25) is 4.79 Å². The maximum atomic E-state index is 11.7. The summed E-state index contributed by atoms with van der Waals surface area (Å²) in [7, 11) is 0. The van der Waals surface area contributed by atoms with E-state index in [0.29, 0.717) is 22.1 Å². The van der Waals surface area contributed by atoms with Crippen LogP contribution in [0.15, 0.2) is 42.5 Å². The molecular weight excluding hydrogens is 276 g/mol. The molecule has 0 spiro atoms. The number of rotatable bonds is 4. The van der Waals surface area contributed by atoms with Crippen LogP contribution in [-0.2, 0) is 4.79 Å². The van der Waals surface area contributed by atoms with Crippen molar-refractivity contribution in [2.24, 2.45) is 0 Å². The number of aryl methyl sites for hydroxylation is 1. The molecule has 0 saturated carbocycles. The van der Waals surface area contributed by atoms with Gasteiger partial charge in [-0.2, -0.15) is 0 Å². The number of ether oxygens (including phenoxy) is 1. The normalized spacial score (nSPS) is 10.1. The van der Waals surface area contributed by atoms with E-state index < -0.39 is 0 Å². The van der Waals surface area contributed by atoms with Gasteiger partial charge in [0.1, 0.15) is 5.75 Å². The third kappa shape index (κ3) is 3.90. The molecular formula is C15H15ClN2O2. The van der Waals surface area contributed by atoms with Gasteiger partial charge in [-0.15, -0.1) is 0 Å². The van der Waals surface area contributed by atoms with Crippen molar-refractivity contribution in [3.63, 3.8) is 0 Å². The summed E-state index contributed by atoms with van der Waals surface area (Å²) < 4.78 is 5.40. The number of hydrogen-bond acceptors (Lipinski definition) is 3. The molecule has 0 atom stereocenters. The van der Waals surface area contributed by atoms with Crippen LogP contribution in [0.4, 0.5) is 11.4 Å². The molecule has 2 aromatic carbocycles. The second kappa shape index (κ2) is 6.30. The third-order valence-corrected chi connectivity index (χ3v) is 3.09. The Morgan fingerprint density at radius 3 is 2.80 bits per heavy atom. The van der Waals surface area contributed by atoms with E-state index in [9.17, 15) is 4.79 Å². The topological polar surface area (TPSA) is 64.3 Å². The van der Waals surface area contributed by atoms with Crippen molar-refractivity contribution in [2.45, 2.75) is 6.92 Å². The molecule has 2 rings (SSSR count). The van der Waals surface area contributed by atoms with Crippen molar-refractivity contribution in [3.05, 3.63) is 53.1 Å². The predicted octanol–water partition coefficient (Wildman–Crippen LogP) is 3.25. The number of nitrogen functional groups attached to an aromatic ring is 1. The first-order valence-corrected chi connectivity index (χ1v) is 6.47. The minimum atomic E-state index is -0.247. The molecule has 0 radical (unpaired) electrons. The zero-order valence-electron chi connectivity index (χ0n) is 11.0. The van der Waals surface area contributed by atoms with Crippen LogP contribution in [0.2, 0.25) is 5.02 Å². The Labute approximate surface area is 122 Å². The van der Waals surface area contributed by atoms with Gasteiger partial charge >= 0.3 is 0 Å². The quantitative estimate of drug-likeness (QED) is 0.850. The van der Waals surface area contributed by atoms with Gasteiger partial charge in [0.15, 0.2) is 6.61 Å². The van der Waals surface area contributed by atoms with E-state index >= 15 is 0 Å². The average molecular weight is 291 g/mol. The summed E-state index contributed by atoms with van der Waals surface area (Å²) in [4.78, 5) is 11.7. The summed E-state index contributed by atoms with van der Waals surface area (Å²) in [5, 5.41) is 3.38. The van der Waals surface area contributed by atoms with Crippen LogP contribution in [0.1, 0.15) is 5.56 Å². The molecule has 0 unspecified atom stereocenters. The fraction of sp³-hybridized carbons (Fsp3) is 0.133. The van der Waals surface area contributed by atoms with Crippen LogP contribution in [-0.4, -0.2) is 12.5 Å². The summed E-state index contributed by atoms with van der Waals surface area (Å²) in [5.74, 6) is 0.359. The third-order valence-electron chi connectivity index (χ3n) is 2.67. The molecule has 1 amide bonds. The van der Waals surface area contributed by atoms with Gasteiger partial charge in [0.25, 0.3) is 5.91 Å². The van der Waals surface area contributed by atoms with E-state index in [0.717, 1.165) is 5.56 Å². The van der Waals surface area contributed by atoms with Crippen molar-refractivity contribution >= 4 is 28.9 Å². The van der Waals surface area contributed by atoms with Crippen molar-refractivity contribution in [2.75, 3.05) is 17.7 Å². The fourth-order valence-electron chi connectivity index (χ4n) is 1.67. The number of carbonyl (C=O) groups is 1. The van der Waals surface area contributed by atoms with Crippen molar-refractivity contribution in [3.8, 4) is 5.75 Å². The van der Waals surface area contributed by atoms with E-state index in [1.165, 1.54) is 0 Å². The molecule has 104 valence electrons. The number of anilines is 2. The van der Waals surface area contributed by atoms with Crippen molar-refractivity contribution < 1.29 is 9.53 Å². The second-order valence-electron chi connectivity index (χ2n) is 4.37. The van der Waals surface area contributed by atoms with Crippen LogP contribution in [0, 0.1) is 6.92 Å². The van der Waals surface area contributed by atoms with Crippen LogP contribution in [0.25, 0.3) is 0 Å². The van der Waals surface area contributed by atoms with E-state index in [2.05, 4.69) is 5.32 Å². The lowest BCUT2D eigenvalue weighted by atomic mass is 10.2. The lowest BCUT2D eigenvalue weighted by molar-refractivity contribution is -0.118. The first-order valence-electron chi connectivity index (χ1n) is 6.09. The smallest absolute Gasteiger partial charge is 0.262 e. The number of halogens is 1. The summed E-state index contributed by atoms with van der Waals surface area (Å²) >= 11 is 5.92. The number of hydrogen-bond donors (Lipinski definition) is 2. The molecule has 2 aromatic rings. The summed E-state index contributed by atoms with van der Waals surface area (Å²) in [6.07, 6.45) is 0. The molecule has 0 aliphatic rings. The minimum absolute atomic E-state index is 0.0735. The molecule has 0 aliphatic carbocycles. The van der Waals surface area contributed by atoms with Gasteiger partial charge in [0, 0.05) is 16.4 Å². The molecule has 5 heteroatoms. The van der Waals surface area contributed by atoms with Crippen LogP contribution in [0.3, 0.4) is 0 Å². The molecule has 4 nitrogen and oxygen atoms in total. The van der Waals surface area contributed by atoms with E-state index in [-0.39, 0.29) is 12.5 Å². The predicted molar refractivity (Wildman–Crippen MR) is 81.2 cm³/mol. The fourth-order valence-corrected chi connectivity index (χ4v) is 1.79. The zero-order valence-corrected chi connectivity index (χ0v) is 11.8. The SMILES string of the molecule is Cc1cc(OCC(=O)Nc2cccc(N)c2)ccc1Cl. The summed E-state index contributed by atoms with van der Waals surface area (Å²) in [5.41, 5.74) is 7.78. The number of benzene rings is 2. The maximum absolute atomic E-state index is 11.7. The Balaban J connectivity index is 1.90. The standard InChI is InChI=1S/C15H15ClN2O2/c1-10-7-13(5-6-14(10)16)20-9-15(19)18-12-4-2-3-11(17)8-12/h2-8H,9,17H2,1H3,(H,18,19). The molecule has 0 fully saturated rings. The molecule has 0 heterocycles. The number of nitrogens with one attached hydrogen (secondary N) is 1. The minimum Gasteiger partial charge on any atom is -0.484 e. The molecule has 0 saturated heterocycles. The van der Waals surface area contributed by atoms with Crippen LogP contribution >= 0.6 is 11.6 Å².